The number of carbonyl (C=O) groups excluding carboxylic acids is 1. The van der Waals surface area contributed by atoms with Crippen molar-refractivity contribution in [1.29, 1.82) is 0 Å². The molecule has 1 aliphatic carbocycles. The monoisotopic (exact) mass is 330 g/mol. The number of benzene rings is 1. The van der Waals surface area contributed by atoms with Crippen molar-refractivity contribution in [2.45, 2.75) is 58.5 Å². The predicted octanol–water partition coefficient (Wildman–Crippen LogP) is 2.91. The molecule has 0 aromatic heterocycles. The zero-order chi connectivity index (χ0) is 17.4. The molecule has 0 saturated heterocycles. The van der Waals surface area contributed by atoms with Crippen LogP contribution in [0.25, 0.3) is 0 Å². The van der Waals surface area contributed by atoms with Crippen molar-refractivity contribution in [3.63, 3.8) is 0 Å². The highest BCUT2D eigenvalue weighted by atomic mass is 16.2. The molecule has 5 nitrogen and oxygen atoms in total. The molecule has 1 aliphatic rings. The average Bonchev–Trinajstić information content (AvgIpc) is 2.62. The lowest BCUT2D eigenvalue weighted by Crippen LogP contribution is -2.41. The number of carbonyl (C=O) groups is 1. The molecule has 24 heavy (non-hydrogen) atoms. The largest absolute Gasteiger partial charge is 0.370 e. The molecular formula is C19H30N4O. The molecule has 0 spiro atoms. The first-order chi connectivity index (χ1) is 11.6. The third-order valence-corrected chi connectivity index (χ3v) is 4.64. The van der Waals surface area contributed by atoms with Gasteiger partial charge in [-0.1, -0.05) is 31.4 Å². The van der Waals surface area contributed by atoms with Gasteiger partial charge in [0, 0.05) is 24.7 Å². The maximum absolute atomic E-state index is 12.3. The van der Waals surface area contributed by atoms with E-state index in [-0.39, 0.29) is 5.91 Å². The van der Waals surface area contributed by atoms with E-state index in [1.807, 2.05) is 43.0 Å². The summed E-state index contributed by atoms with van der Waals surface area (Å²) in [4.78, 5) is 18.5. The fraction of sp³-hybridized carbons (Fsp3) is 0.579. The maximum atomic E-state index is 12.3. The van der Waals surface area contributed by atoms with Crippen molar-refractivity contribution in [3.05, 3.63) is 35.4 Å². The van der Waals surface area contributed by atoms with Crippen LogP contribution < -0.4 is 11.1 Å². The Balaban J connectivity index is 1.88. The lowest BCUT2D eigenvalue weighted by molar-refractivity contribution is 0.0773. The number of hydrogen-bond acceptors (Lipinski definition) is 2. The van der Waals surface area contributed by atoms with Gasteiger partial charge in [-0.3, -0.25) is 4.79 Å². The van der Waals surface area contributed by atoms with Crippen molar-refractivity contribution in [2.24, 2.45) is 10.7 Å². The molecular weight excluding hydrogens is 300 g/mol. The molecule has 5 heteroatoms. The van der Waals surface area contributed by atoms with E-state index in [0.717, 1.165) is 24.2 Å². The van der Waals surface area contributed by atoms with Gasteiger partial charge in [0.05, 0.1) is 6.54 Å². The average molecular weight is 330 g/mol. The summed E-state index contributed by atoms with van der Waals surface area (Å²) in [6, 6.07) is 8.12. The van der Waals surface area contributed by atoms with Crippen molar-refractivity contribution in [1.82, 2.24) is 10.2 Å². The summed E-state index contributed by atoms with van der Waals surface area (Å²) in [5.74, 6) is 0.596. The summed E-state index contributed by atoms with van der Waals surface area (Å²) in [6.07, 6.45) is 6.23. The standard InChI is InChI=1S/C19H30N4O/c1-3-23(4-2)18(24)16-12-10-15(11-13-16)14-21-19(20)22-17-8-6-5-7-9-17/h10-13,17H,3-9,14H2,1-2H3,(H3,20,21,22). The molecule has 0 bridgehead atoms. The van der Waals surface area contributed by atoms with Gasteiger partial charge in [0.2, 0.25) is 0 Å². The molecule has 2 rings (SSSR count). The van der Waals surface area contributed by atoms with Gasteiger partial charge < -0.3 is 16.0 Å². The topological polar surface area (TPSA) is 70.7 Å². The van der Waals surface area contributed by atoms with Crippen LogP contribution >= 0.6 is 0 Å². The van der Waals surface area contributed by atoms with E-state index >= 15 is 0 Å². The minimum Gasteiger partial charge on any atom is -0.370 e. The number of rotatable bonds is 6. The summed E-state index contributed by atoms with van der Waals surface area (Å²) in [5, 5.41) is 3.32. The summed E-state index contributed by atoms with van der Waals surface area (Å²) in [5.41, 5.74) is 7.76. The van der Waals surface area contributed by atoms with E-state index in [4.69, 9.17) is 5.73 Å². The summed E-state index contributed by atoms with van der Waals surface area (Å²) < 4.78 is 0. The number of hydrogen-bond donors (Lipinski definition) is 2. The molecule has 132 valence electrons. The first kappa shape index (κ1) is 18.3. The van der Waals surface area contributed by atoms with Crippen LogP contribution in [0.5, 0.6) is 0 Å². The Bertz CT molecular complexity index is 543. The highest BCUT2D eigenvalue weighted by molar-refractivity contribution is 5.94. The Kier molecular flexibility index (Phi) is 7.09. The number of nitrogens with one attached hydrogen (secondary N) is 1. The molecule has 1 aromatic rings. The number of amides is 1. The first-order valence-corrected chi connectivity index (χ1v) is 9.08. The van der Waals surface area contributed by atoms with Crippen LogP contribution in [0.15, 0.2) is 29.3 Å². The van der Waals surface area contributed by atoms with Crippen molar-refractivity contribution >= 4 is 11.9 Å². The van der Waals surface area contributed by atoms with Gasteiger partial charge >= 0.3 is 0 Å². The van der Waals surface area contributed by atoms with E-state index in [2.05, 4.69) is 10.3 Å². The van der Waals surface area contributed by atoms with Crippen molar-refractivity contribution < 1.29 is 4.79 Å². The summed E-state index contributed by atoms with van der Waals surface area (Å²) >= 11 is 0. The van der Waals surface area contributed by atoms with Crippen LogP contribution in [0.1, 0.15) is 61.9 Å². The number of guanidine groups is 1. The molecule has 0 heterocycles. The smallest absolute Gasteiger partial charge is 0.253 e. The van der Waals surface area contributed by atoms with Gasteiger partial charge in [0.15, 0.2) is 5.96 Å². The number of nitrogens with zero attached hydrogens (tertiary/aromatic N) is 2. The summed E-state index contributed by atoms with van der Waals surface area (Å²) in [6.45, 7) is 5.97. The van der Waals surface area contributed by atoms with Crippen LogP contribution in [0.4, 0.5) is 0 Å². The fourth-order valence-corrected chi connectivity index (χ4v) is 3.12. The van der Waals surface area contributed by atoms with Crippen molar-refractivity contribution in [3.8, 4) is 0 Å². The Labute approximate surface area is 145 Å². The predicted molar refractivity (Wildman–Crippen MR) is 99.0 cm³/mol. The Morgan fingerprint density at radius 2 is 1.79 bits per heavy atom. The fourth-order valence-electron chi connectivity index (χ4n) is 3.12. The van der Waals surface area contributed by atoms with Crippen LogP contribution in [0.3, 0.4) is 0 Å². The van der Waals surface area contributed by atoms with Gasteiger partial charge in [-0.05, 0) is 44.4 Å². The van der Waals surface area contributed by atoms with E-state index in [1.165, 1.54) is 32.1 Å². The molecule has 1 amide bonds. The first-order valence-electron chi connectivity index (χ1n) is 9.08. The third-order valence-electron chi connectivity index (χ3n) is 4.64. The SMILES string of the molecule is CCN(CC)C(=O)c1ccc(CN=C(N)NC2CCCCC2)cc1. The van der Waals surface area contributed by atoms with E-state index in [0.29, 0.717) is 18.5 Å². The number of nitrogens with two attached hydrogens (primary N) is 1. The minimum atomic E-state index is 0.0773. The third kappa shape index (κ3) is 5.25. The van der Waals surface area contributed by atoms with E-state index in [9.17, 15) is 4.79 Å². The quantitative estimate of drug-likeness (QED) is 0.622. The maximum Gasteiger partial charge on any atom is 0.253 e. The normalized spacial score (nSPS) is 16.0. The Morgan fingerprint density at radius 3 is 2.38 bits per heavy atom. The van der Waals surface area contributed by atoms with Gasteiger partial charge in [0.1, 0.15) is 0 Å². The van der Waals surface area contributed by atoms with Gasteiger partial charge in [-0.25, -0.2) is 4.99 Å². The molecule has 0 aliphatic heterocycles. The molecule has 1 aromatic carbocycles. The van der Waals surface area contributed by atoms with Gasteiger partial charge in [0.25, 0.3) is 5.91 Å². The molecule has 1 saturated carbocycles. The molecule has 0 atom stereocenters. The Morgan fingerprint density at radius 1 is 1.17 bits per heavy atom. The lowest BCUT2D eigenvalue weighted by Gasteiger charge is -2.23. The summed E-state index contributed by atoms with van der Waals surface area (Å²) in [7, 11) is 0. The zero-order valence-electron chi connectivity index (χ0n) is 14.9. The molecule has 0 radical (unpaired) electrons. The Hall–Kier alpha value is -2.04. The highest BCUT2D eigenvalue weighted by Gasteiger charge is 2.13. The van der Waals surface area contributed by atoms with Crippen LogP contribution in [0.2, 0.25) is 0 Å². The van der Waals surface area contributed by atoms with Crippen LogP contribution in [-0.4, -0.2) is 35.9 Å². The molecule has 3 N–H and O–H groups in total. The molecule has 0 unspecified atom stereocenters. The zero-order valence-corrected chi connectivity index (χ0v) is 14.9. The molecule has 1 fully saturated rings. The van der Waals surface area contributed by atoms with Crippen LogP contribution in [0, 0.1) is 0 Å². The van der Waals surface area contributed by atoms with E-state index < -0.39 is 0 Å². The van der Waals surface area contributed by atoms with Gasteiger partial charge in [-0.15, -0.1) is 0 Å². The second-order valence-electron chi connectivity index (χ2n) is 6.36. The number of aliphatic imine (C=N–C) groups is 1. The highest BCUT2D eigenvalue weighted by Crippen LogP contribution is 2.17. The van der Waals surface area contributed by atoms with E-state index in [1.54, 1.807) is 0 Å². The van der Waals surface area contributed by atoms with Gasteiger partial charge in [-0.2, -0.15) is 0 Å². The van der Waals surface area contributed by atoms with Crippen molar-refractivity contribution in [2.75, 3.05) is 13.1 Å². The minimum absolute atomic E-state index is 0.0773. The second kappa shape index (κ2) is 9.30. The second-order valence-corrected chi connectivity index (χ2v) is 6.36. The van der Waals surface area contributed by atoms with Crippen LogP contribution in [-0.2, 0) is 6.54 Å². The lowest BCUT2D eigenvalue weighted by atomic mass is 9.96.